The fourth-order valence-electron chi connectivity index (χ4n) is 2.04. The Morgan fingerprint density at radius 3 is 2.72 bits per heavy atom. The maximum absolute atomic E-state index is 13.1. The number of hydrogen-bond donors (Lipinski definition) is 1. The summed E-state index contributed by atoms with van der Waals surface area (Å²) in [5.41, 5.74) is 7.30. The molecule has 0 saturated heterocycles. The van der Waals surface area contributed by atoms with Crippen molar-refractivity contribution in [2.24, 2.45) is 0 Å². The number of aromatic nitrogens is 3. The molecule has 1 fully saturated rings. The molecule has 1 saturated carbocycles. The summed E-state index contributed by atoms with van der Waals surface area (Å²) in [7, 11) is 0. The molecule has 6 heteroatoms. The third-order valence-corrected chi connectivity index (χ3v) is 3.08. The van der Waals surface area contributed by atoms with Crippen LogP contribution in [0.3, 0.4) is 0 Å². The van der Waals surface area contributed by atoms with Gasteiger partial charge in [0.25, 0.3) is 0 Å². The van der Waals surface area contributed by atoms with Crippen molar-refractivity contribution in [1.29, 1.82) is 0 Å². The van der Waals surface area contributed by atoms with E-state index in [1.54, 1.807) is 4.68 Å². The number of benzene rings is 1. The molecule has 1 aromatic carbocycles. The van der Waals surface area contributed by atoms with E-state index in [1.165, 1.54) is 12.1 Å². The molecule has 0 unspecified atom stereocenters. The molecule has 0 spiro atoms. The second kappa shape index (κ2) is 4.04. The Kier molecular flexibility index (Phi) is 2.50. The minimum atomic E-state index is -0.853. The molecule has 0 radical (unpaired) electrons. The summed E-state index contributed by atoms with van der Waals surface area (Å²) in [4.78, 5) is 0. The van der Waals surface area contributed by atoms with Crippen molar-refractivity contribution in [3.05, 3.63) is 41.1 Å². The minimum Gasteiger partial charge on any atom is -0.381 e. The molecule has 1 aromatic heterocycles. The number of nitrogens with zero attached hydrogens (tertiary/aromatic N) is 3. The first-order valence-corrected chi connectivity index (χ1v) is 5.78. The minimum absolute atomic E-state index is 0.354. The van der Waals surface area contributed by atoms with Crippen LogP contribution in [0.4, 0.5) is 14.6 Å². The second-order valence-corrected chi connectivity index (χ2v) is 4.54. The zero-order valence-electron chi connectivity index (χ0n) is 9.61. The molecule has 1 aliphatic carbocycles. The van der Waals surface area contributed by atoms with E-state index in [0.717, 1.165) is 24.6 Å². The molecule has 2 N–H and O–H groups in total. The fraction of sp³-hybridized carbons (Fsp3) is 0.333. The van der Waals surface area contributed by atoms with Gasteiger partial charge < -0.3 is 5.73 Å². The summed E-state index contributed by atoms with van der Waals surface area (Å²) in [5, 5.41) is 7.79. The van der Waals surface area contributed by atoms with Gasteiger partial charge in [-0.25, -0.2) is 13.5 Å². The van der Waals surface area contributed by atoms with E-state index in [1.807, 2.05) is 0 Å². The van der Waals surface area contributed by atoms with E-state index < -0.39 is 11.6 Å². The Balaban J connectivity index is 1.89. The van der Waals surface area contributed by atoms with E-state index in [4.69, 9.17) is 5.73 Å². The van der Waals surface area contributed by atoms with Gasteiger partial charge in [0.2, 0.25) is 0 Å². The van der Waals surface area contributed by atoms with Gasteiger partial charge >= 0.3 is 0 Å². The van der Waals surface area contributed by atoms with Crippen molar-refractivity contribution in [1.82, 2.24) is 15.0 Å². The molecule has 1 heterocycles. The van der Waals surface area contributed by atoms with Crippen molar-refractivity contribution in [2.45, 2.75) is 25.3 Å². The SMILES string of the molecule is Nc1nnn(Cc2ccc(F)c(F)c2)c1C1CC1. The Hall–Kier alpha value is -1.98. The Morgan fingerprint density at radius 1 is 1.28 bits per heavy atom. The summed E-state index contributed by atoms with van der Waals surface area (Å²) in [5.74, 6) is -0.863. The lowest BCUT2D eigenvalue weighted by atomic mass is 10.2. The van der Waals surface area contributed by atoms with E-state index in [2.05, 4.69) is 10.3 Å². The summed E-state index contributed by atoms with van der Waals surface area (Å²) in [6.45, 7) is 0.354. The first-order chi connectivity index (χ1) is 8.65. The molecule has 0 amide bonds. The number of rotatable bonds is 3. The van der Waals surface area contributed by atoms with Gasteiger partial charge in [0, 0.05) is 5.92 Å². The molecule has 4 nitrogen and oxygen atoms in total. The van der Waals surface area contributed by atoms with Gasteiger partial charge in [0.05, 0.1) is 12.2 Å². The average molecular weight is 250 g/mol. The van der Waals surface area contributed by atoms with Gasteiger partial charge in [-0.3, -0.25) is 0 Å². The van der Waals surface area contributed by atoms with Crippen LogP contribution in [0.2, 0.25) is 0 Å². The highest BCUT2D eigenvalue weighted by Gasteiger charge is 2.30. The predicted molar refractivity (Wildman–Crippen MR) is 61.9 cm³/mol. The van der Waals surface area contributed by atoms with Crippen molar-refractivity contribution in [2.75, 3.05) is 5.73 Å². The van der Waals surface area contributed by atoms with Crippen LogP contribution in [0.1, 0.15) is 30.0 Å². The molecule has 2 aromatic rings. The Bertz CT molecular complexity index is 590. The molecule has 94 valence electrons. The van der Waals surface area contributed by atoms with Gasteiger partial charge in [-0.2, -0.15) is 0 Å². The molecule has 3 rings (SSSR count). The highest BCUT2D eigenvalue weighted by atomic mass is 19.2. The smallest absolute Gasteiger partial charge is 0.169 e. The number of nitrogens with two attached hydrogens (primary N) is 1. The third kappa shape index (κ3) is 1.94. The Morgan fingerprint density at radius 2 is 2.06 bits per heavy atom. The maximum Gasteiger partial charge on any atom is 0.169 e. The third-order valence-electron chi connectivity index (χ3n) is 3.08. The van der Waals surface area contributed by atoms with Crippen molar-refractivity contribution >= 4 is 5.82 Å². The second-order valence-electron chi connectivity index (χ2n) is 4.54. The topological polar surface area (TPSA) is 56.7 Å². The average Bonchev–Trinajstić information content (AvgIpc) is 3.10. The molecule has 0 aliphatic heterocycles. The monoisotopic (exact) mass is 250 g/mol. The molecule has 0 atom stereocenters. The number of hydrogen-bond acceptors (Lipinski definition) is 3. The first kappa shape index (κ1) is 11.1. The highest BCUT2D eigenvalue weighted by Crippen LogP contribution is 2.42. The summed E-state index contributed by atoms with van der Waals surface area (Å²) < 4.78 is 27.6. The van der Waals surface area contributed by atoms with Gasteiger partial charge in [0.15, 0.2) is 17.5 Å². The van der Waals surface area contributed by atoms with Crippen LogP contribution >= 0.6 is 0 Å². The number of nitrogen functional groups attached to an aromatic ring is 1. The van der Waals surface area contributed by atoms with Gasteiger partial charge in [-0.05, 0) is 30.5 Å². The fourth-order valence-corrected chi connectivity index (χ4v) is 2.04. The van der Waals surface area contributed by atoms with Crippen LogP contribution in [0.15, 0.2) is 18.2 Å². The van der Waals surface area contributed by atoms with Crippen molar-refractivity contribution in [3.8, 4) is 0 Å². The molecular weight excluding hydrogens is 238 g/mol. The summed E-state index contributed by atoms with van der Waals surface area (Å²) in [6, 6.07) is 3.82. The van der Waals surface area contributed by atoms with E-state index in [0.29, 0.717) is 23.8 Å². The predicted octanol–water partition coefficient (Wildman–Crippen LogP) is 2.06. The van der Waals surface area contributed by atoms with Crippen LogP contribution in [0.5, 0.6) is 0 Å². The molecule has 0 bridgehead atoms. The first-order valence-electron chi connectivity index (χ1n) is 5.78. The lowest BCUT2D eigenvalue weighted by Crippen LogP contribution is -2.07. The van der Waals surface area contributed by atoms with E-state index >= 15 is 0 Å². The zero-order chi connectivity index (χ0) is 12.7. The Labute approximate surface area is 102 Å². The lowest BCUT2D eigenvalue weighted by Gasteiger charge is -2.06. The van der Waals surface area contributed by atoms with Crippen LogP contribution in [-0.2, 0) is 6.54 Å². The molecule has 18 heavy (non-hydrogen) atoms. The molecule has 1 aliphatic rings. The van der Waals surface area contributed by atoms with Crippen LogP contribution < -0.4 is 5.73 Å². The van der Waals surface area contributed by atoms with Crippen LogP contribution in [-0.4, -0.2) is 15.0 Å². The lowest BCUT2D eigenvalue weighted by molar-refractivity contribution is 0.505. The van der Waals surface area contributed by atoms with Crippen molar-refractivity contribution in [3.63, 3.8) is 0 Å². The molecular formula is C12H12F2N4. The van der Waals surface area contributed by atoms with Gasteiger partial charge in [-0.15, -0.1) is 5.10 Å². The van der Waals surface area contributed by atoms with Crippen LogP contribution in [0, 0.1) is 11.6 Å². The summed E-state index contributed by atoms with van der Waals surface area (Å²) in [6.07, 6.45) is 2.16. The highest BCUT2D eigenvalue weighted by molar-refractivity contribution is 5.38. The number of halogens is 2. The number of anilines is 1. The largest absolute Gasteiger partial charge is 0.381 e. The quantitative estimate of drug-likeness (QED) is 0.907. The van der Waals surface area contributed by atoms with E-state index in [9.17, 15) is 8.78 Å². The normalized spacial score (nSPS) is 15.0. The summed E-state index contributed by atoms with van der Waals surface area (Å²) >= 11 is 0. The standard InChI is InChI=1S/C12H12F2N4/c13-9-4-1-7(5-10(9)14)6-18-11(8-2-3-8)12(15)16-17-18/h1,4-5,8H,2-3,6,15H2. The zero-order valence-corrected chi connectivity index (χ0v) is 9.61. The van der Waals surface area contributed by atoms with Gasteiger partial charge in [0.1, 0.15) is 0 Å². The van der Waals surface area contributed by atoms with Gasteiger partial charge in [-0.1, -0.05) is 11.3 Å². The van der Waals surface area contributed by atoms with Crippen molar-refractivity contribution < 1.29 is 8.78 Å². The van der Waals surface area contributed by atoms with E-state index in [-0.39, 0.29) is 0 Å². The maximum atomic E-state index is 13.1. The van der Waals surface area contributed by atoms with Crippen LogP contribution in [0.25, 0.3) is 0 Å².